The normalized spacial score (nSPS) is 16.3. The molecule has 3 rings (SSSR count). The van der Waals surface area contributed by atoms with E-state index in [1.807, 2.05) is 31.3 Å². The highest BCUT2D eigenvalue weighted by Gasteiger charge is 2.30. The second kappa shape index (κ2) is 10.2. The Bertz CT molecular complexity index is 1030. The quantitative estimate of drug-likeness (QED) is 0.278. The Balaban J connectivity index is 1.95. The van der Waals surface area contributed by atoms with Gasteiger partial charge in [0.2, 0.25) is 5.96 Å². The fourth-order valence-electron chi connectivity index (χ4n) is 3.41. The Morgan fingerprint density at radius 2 is 2.19 bits per heavy atom. The van der Waals surface area contributed by atoms with E-state index in [0.717, 1.165) is 29.7 Å². The third-order valence-corrected chi connectivity index (χ3v) is 5.21. The van der Waals surface area contributed by atoms with E-state index in [9.17, 15) is 14.0 Å². The molecule has 162 valence electrons. The lowest BCUT2D eigenvalue weighted by atomic mass is 9.93. The van der Waals surface area contributed by atoms with Gasteiger partial charge < -0.3 is 4.74 Å². The van der Waals surface area contributed by atoms with Crippen molar-refractivity contribution in [1.29, 1.82) is 5.26 Å². The summed E-state index contributed by atoms with van der Waals surface area (Å²) >= 11 is 6.17. The number of ether oxygens (including phenoxy) is 1. The number of hydrazone groups is 1. The predicted molar refractivity (Wildman–Crippen MR) is 117 cm³/mol. The fraction of sp³-hybridized carbons (Fsp3) is 0.318. The van der Waals surface area contributed by atoms with Crippen LogP contribution in [0.15, 0.2) is 52.6 Å². The number of aryl methyl sites for hydroxylation is 1. The van der Waals surface area contributed by atoms with Crippen molar-refractivity contribution >= 4 is 29.0 Å². The molecule has 1 aliphatic rings. The summed E-state index contributed by atoms with van der Waals surface area (Å²) < 4.78 is 29.4. The topological polar surface area (TPSA) is 73.0 Å². The zero-order valence-corrected chi connectivity index (χ0v) is 17.9. The van der Waals surface area contributed by atoms with Gasteiger partial charge in [0.25, 0.3) is 0 Å². The van der Waals surface area contributed by atoms with E-state index >= 15 is 0 Å². The molecule has 0 saturated carbocycles. The fourth-order valence-corrected chi connectivity index (χ4v) is 3.52. The van der Waals surface area contributed by atoms with Gasteiger partial charge in [0, 0.05) is 17.0 Å². The number of hydrogen-bond acceptors (Lipinski definition) is 4. The third kappa shape index (κ3) is 5.70. The van der Waals surface area contributed by atoms with Gasteiger partial charge in [0.1, 0.15) is 5.75 Å². The molecular weight excluding hydrogens is 424 g/mol. The largest absolute Gasteiger partial charge is 0.435 e. The summed E-state index contributed by atoms with van der Waals surface area (Å²) in [5, 5.41) is 18.8. The van der Waals surface area contributed by atoms with Gasteiger partial charge in [-0.25, -0.2) is 10.0 Å². The van der Waals surface area contributed by atoms with Crippen molar-refractivity contribution in [3.8, 4) is 11.9 Å². The van der Waals surface area contributed by atoms with E-state index < -0.39 is 6.61 Å². The minimum Gasteiger partial charge on any atom is -0.435 e. The van der Waals surface area contributed by atoms with E-state index in [4.69, 9.17) is 16.7 Å². The number of benzene rings is 2. The van der Waals surface area contributed by atoms with Gasteiger partial charge in [0.15, 0.2) is 6.19 Å². The van der Waals surface area contributed by atoms with Crippen LogP contribution in [0.3, 0.4) is 0 Å². The summed E-state index contributed by atoms with van der Waals surface area (Å²) in [4.78, 5) is 4.41. The Morgan fingerprint density at radius 3 is 2.87 bits per heavy atom. The zero-order valence-electron chi connectivity index (χ0n) is 17.1. The molecule has 31 heavy (non-hydrogen) atoms. The molecule has 1 atom stereocenters. The summed E-state index contributed by atoms with van der Waals surface area (Å²) in [7, 11) is 0. The molecule has 0 radical (unpaired) electrons. The van der Waals surface area contributed by atoms with Crippen LogP contribution in [0.2, 0.25) is 5.02 Å². The minimum atomic E-state index is -2.93. The van der Waals surface area contributed by atoms with Crippen LogP contribution in [0.4, 0.5) is 14.5 Å². The molecule has 6 nitrogen and oxygen atoms in total. The van der Waals surface area contributed by atoms with Crippen molar-refractivity contribution in [2.45, 2.75) is 33.3 Å². The molecule has 0 saturated heterocycles. The first-order chi connectivity index (χ1) is 14.9. The molecule has 1 heterocycles. The number of rotatable bonds is 6. The number of nitriles is 1. The highest BCUT2D eigenvalue weighted by molar-refractivity contribution is 6.31. The number of hydrogen-bond donors (Lipinski definition) is 1. The molecule has 1 aliphatic heterocycles. The molecule has 0 spiro atoms. The standard InChI is InChI=1S/C22H22ClF2N5O/c1-3-5-16-12-30(29-20(16)15-8-9-19(23)14(2)10-15)22(27-13-26)28-17-6-4-7-18(11-17)31-21(24)25/h4,6-11,16,21H,3,5,12H2,1-2H3,(H,27,28). The van der Waals surface area contributed by atoms with Gasteiger partial charge in [0.05, 0.1) is 17.9 Å². The number of guanidine groups is 1. The first kappa shape index (κ1) is 22.5. The maximum atomic E-state index is 12.5. The molecule has 1 unspecified atom stereocenters. The zero-order chi connectivity index (χ0) is 22.4. The lowest BCUT2D eigenvalue weighted by Crippen LogP contribution is -2.35. The maximum absolute atomic E-state index is 12.5. The van der Waals surface area contributed by atoms with E-state index in [0.29, 0.717) is 17.3 Å². The number of nitrogens with zero attached hydrogens (tertiary/aromatic N) is 4. The van der Waals surface area contributed by atoms with E-state index in [2.05, 4.69) is 22.0 Å². The third-order valence-electron chi connectivity index (χ3n) is 4.79. The highest BCUT2D eigenvalue weighted by Crippen LogP contribution is 2.27. The van der Waals surface area contributed by atoms with Crippen molar-refractivity contribution in [2.75, 3.05) is 6.54 Å². The summed E-state index contributed by atoms with van der Waals surface area (Å²) in [6.07, 6.45) is 3.75. The van der Waals surface area contributed by atoms with Gasteiger partial charge in [-0.15, -0.1) is 0 Å². The van der Waals surface area contributed by atoms with E-state index in [1.165, 1.54) is 12.1 Å². The molecule has 9 heteroatoms. The average Bonchev–Trinajstić information content (AvgIpc) is 3.14. The van der Waals surface area contributed by atoms with Crippen molar-refractivity contribution in [1.82, 2.24) is 10.3 Å². The molecule has 0 aliphatic carbocycles. The smallest absolute Gasteiger partial charge is 0.387 e. The van der Waals surface area contributed by atoms with Crippen LogP contribution in [0.25, 0.3) is 0 Å². The van der Waals surface area contributed by atoms with Crippen LogP contribution >= 0.6 is 11.6 Å². The molecule has 0 amide bonds. The van der Waals surface area contributed by atoms with Crippen LogP contribution < -0.4 is 10.1 Å². The molecule has 2 aromatic carbocycles. The van der Waals surface area contributed by atoms with Crippen molar-refractivity contribution in [3.05, 3.63) is 58.6 Å². The van der Waals surface area contributed by atoms with Gasteiger partial charge in [-0.2, -0.15) is 19.1 Å². The molecule has 0 bridgehead atoms. The Morgan fingerprint density at radius 1 is 1.39 bits per heavy atom. The molecule has 1 N–H and O–H groups in total. The molecule has 2 aromatic rings. The van der Waals surface area contributed by atoms with Gasteiger partial charge >= 0.3 is 6.61 Å². The van der Waals surface area contributed by atoms with Crippen LogP contribution in [0.5, 0.6) is 5.75 Å². The first-order valence-corrected chi connectivity index (χ1v) is 10.2. The van der Waals surface area contributed by atoms with Crippen molar-refractivity contribution in [2.24, 2.45) is 16.0 Å². The molecule has 0 aromatic heterocycles. The van der Waals surface area contributed by atoms with Crippen molar-refractivity contribution < 1.29 is 13.5 Å². The number of nitrogens with one attached hydrogen (secondary N) is 1. The van der Waals surface area contributed by atoms with Gasteiger partial charge in [-0.3, -0.25) is 5.32 Å². The Hall–Kier alpha value is -3.18. The van der Waals surface area contributed by atoms with Crippen LogP contribution in [0, 0.1) is 24.3 Å². The van der Waals surface area contributed by atoms with Gasteiger partial charge in [-0.1, -0.05) is 37.1 Å². The number of aliphatic imine (C=N–C) groups is 1. The van der Waals surface area contributed by atoms with E-state index in [1.54, 1.807) is 17.1 Å². The van der Waals surface area contributed by atoms with Crippen molar-refractivity contribution in [3.63, 3.8) is 0 Å². The summed E-state index contributed by atoms with van der Waals surface area (Å²) in [5.74, 6) is 0.335. The Labute approximate surface area is 184 Å². The van der Waals surface area contributed by atoms with Crippen LogP contribution in [-0.4, -0.2) is 29.8 Å². The minimum absolute atomic E-state index is 0.0151. The predicted octanol–water partition coefficient (Wildman–Crippen LogP) is 5.44. The number of halogens is 3. The average molecular weight is 446 g/mol. The highest BCUT2D eigenvalue weighted by atomic mass is 35.5. The first-order valence-electron chi connectivity index (χ1n) is 9.82. The van der Waals surface area contributed by atoms with E-state index in [-0.39, 0.29) is 17.6 Å². The summed E-state index contributed by atoms with van der Waals surface area (Å²) in [6.45, 7) is 1.64. The SMILES string of the molecule is CCCC1CN(C(=Nc2cccc(OC(F)F)c2)NC#N)N=C1c1ccc(Cl)c(C)c1. The summed E-state index contributed by atoms with van der Waals surface area (Å²) in [5.41, 5.74) is 3.17. The second-order valence-corrected chi connectivity index (χ2v) is 7.47. The lowest BCUT2D eigenvalue weighted by Gasteiger charge is -2.16. The summed E-state index contributed by atoms with van der Waals surface area (Å²) in [6, 6.07) is 11.7. The molecule has 0 fully saturated rings. The second-order valence-electron chi connectivity index (χ2n) is 7.06. The number of alkyl halides is 2. The van der Waals surface area contributed by atoms with Crippen LogP contribution in [0.1, 0.15) is 30.9 Å². The van der Waals surface area contributed by atoms with Gasteiger partial charge in [-0.05, 0) is 48.7 Å². The molecular formula is C22H22ClF2N5O. The van der Waals surface area contributed by atoms with Crippen LogP contribution in [-0.2, 0) is 0 Å². The Kier molecular flexibility index (Phi) is 7.42. The monoisotopic (exact) mass is 445 g/mol. The lowest BCUT2D eigenvalue weighted by molar-refractivity contribution is -0.0498. The maximum Gasteiger partial charge on any atom is 0.387 e.